The quantitative estimate of drug-likeness (QED) is 0.358. The van der Waals surface area contributed by atoms with Crippen molar-refractivity contribution in [3.05, 3.63) is 92.8 Å². The van der Waals surface area contributed by atoms with Crippen LogP contribution in [0, 0.1) is 0 Å². The van der Waals surface area contributed by atoms with Crippen molar-refractivity contribution in [1.29, 1.82) is 0 Å². The van der Waals surface area contributed by atoms with Gasteiger partial charge >= 0.3 is 0 Å². The topological polar surface area (TPSA) is 55.8 Å². The van der Waals surface area contributed by atoms with Crippen LogP contribution in [0.2, 0.25) is 10.0 Å². The molecule has 0 aliphatic carbocycles. The molecule has 0 radical (unpaired) electrons. The summed E-state index contributed by atoms with van der Waals surface area (Å²) < 4.78 is 11.3. The summed E-state index contributed by atoms with van der Waals surface area (Å²) in [5.74, 6) is 0.655. The maximum atomic E-state index is 12.8. The standard InChI is InChI=1S/C24H17Cl2NO4S/c1-30-21-11-15(7-10-20(21)31-14-16-8-9-17(25)13-19(16)26)12-22-23(28)27(24(29)32-22)18-5-3-2-4-6-18/h2-13H,14H2,1H3/b22-12-. The minimum Gasteiger partial charge on any atom is -0.493 e. The van der Waals surface area contributed by atoms with E-state index in [9.17, 15) is 9.59 Å². The molecule has 1 heterocycles. The Hall–Kier alpha value is -2.93. The highest BCUT2D eigenvalue weighted by atomic mass is 35.5. The number of halogens is 2. The summed E-state index contributed by atoms with van der Waals surface area (Å²) in [4.78, 5) is 26.7. The third-order valence-corrected chi connectivity index (χ3v) is 6.15. The number of para-hydroxylation sites is 1. The SMILES string of the molecule is COc1cc(/C=C2\SC(=O)N(c3ccccc3)C2=O)ccc1OCc1ccc(Cl)cc1Cl. The van der Waals surface area contributed by atoms with Crippen LogP contribution in [0.3, 0.4) is 0 Å². The molecule has 5 nitrogen and oxygen atoms in total. The van der Waals surface area contributed by atoms with Gasteiger partial charge in [-0.3, -0.25) is 9.59 Å². The van der Waals surface area contributed by atoms with E-state index in [1.165, 1.54) is 12.0 Å². The van der Waals surface area contributed by atoms with Gasteiger partial charge in [-0.1, -0.05) is 53.5 Å². The maximum absolute atomic E-state index is 12.8. The second kappa shape index (κ2) is 9.69. The lowest BCUT2D eigenvalue weighted by atomic mass is 10.1. The number of benzene rings is 3. The number of imide groups is 1. The van der Waals surface area contributed by atoms with Gasteiger partial charge in [-0.25, -0.2) is 4.90 Å². The van der Waals surface area contributed by atoms with E-state index in [-0.39, 0.29) is 17.8 Å². The van der Waals surface area contributed by atoms with Crippen LogP contribution in [0.4, 0.5) is 10.5 Å². The molecule has 4 rings (SSSR count). The fourth-order valence-corrected chi connectivity index (χ4v) is 4.41. The maximum Gasteiger partial charge on any atom is 0.298 e. The Morgan fingerprint density at radius 2 is 1.75 bits per heavy atom. The number of hydrogen-bond acceptors (Lipinski definition) is 5. The Labute approximate surface area is 199 Å². The van der Waals surface area contributed by atoms with Crippen molar-refractivity contribution in [2.75, 3.05) is 12.0 Å². The average molecular weight is 486 g/mol. The first-order valence-corrected chi connectivity index (χ1v) is 11.1. The third-order valence-electron chi connectivity index (χ3n) is 4.69. The summed E-state index contributed by atoms with van der Waals surface area (Å²) in [5, 5.41) is 0.735. The monoisotopic (exact) mass is 485 g/mol. The van der Waals surface area contributed by atoms with E-state index < -0.39 is 0 Å². The second-order valence-electron chi connectivity index (χ2n) is 6.79. The van der Waals surface area contributed by atoms with Crippen molar-refractivity contribution in [1.82, 2.24) is 0 Å². The number of carbonyl (C=O) groups excluding carboxylic acids is 2. The highest BCUT2D eigenvalue weighted by Gasteiger charge is 2.36. The highest BCUT2D eigenvalue weighted by Crippen LogP contribution is 2.37. The average Bonchev–Trinajstić information content (AvgIpc) is 3.07. The number of nitrogens with zero attached hydrogens (tertiary/aromatic N) is 1. The Morgan fingerprint density at radius 3 is 2.47 bits per heavy atom. The smallest absolute Gasteiger partial charge is 0.298 e. The van der Waals surface area contributed by atoms with Crippen molar-refractivity contribution in [2.45, 2.75) is 6.61 Å². The Balaban J connectivity index is 1.53. The zero-order chi connectivity index (χ0) is 22.7. The van der Waals surface area contributed by atoms with Crippen molar-refractivity contribution < 1.29 is 19.1 Å². The van der Waals surface area contributed by atoms with Crippen LogP contribution in [0.15, 0.2) is 71.6 Å². The van der Waals surface area contributed by atoms with Gasteiger partial charge in [0.15, 0.2) is 11.5 Å². The molecule has 1 aliphatic heterocycles. The second-order valence-corrected chi connectivity index (χ2v) is 8.62. The van der Waals surface area contributed by atoms with Crippen LogP contribution in [-0.4, -0.2) is 18.3 Å². The molecule has 0 bridgehead atoms. The zero-order valence-corrected chi connectivity index (χ0v) is 19.2. The molecule has 32 heavy (non-hydrogen) atoms. The van der Waals surface area contributed by atoms with E-state index in [0.717, 1.165) is 17.3 Å². The Morgan fingerprint density at radius 1 is 0.969 bits per heavy atom. The van der Waals surface area contributed by atoms with E-state index in [1.807, 2.05) is 6.07 Å². The lowest BCUT2D eigenvalue weighted by Gasteiger charge is -2.13. The Kier molecular flexibility index (Phi) is 6.74. The van der Waals surface area contributed by atoms with E-state index in [0.29, 0.717) is 37.7 Å². The molecule has 8 heteroatoms. The van der Waals surface area contributed by atoms with Crippen LogP contribution >= 0.6 is 35.0 Å². The molecule has 1 aliphatic rings. The molecule has 0 unspecified atom stereocenters. The van der Waals surface area contributed by atoms with Crippen LogP contribution in [0.25, 0.3) is 6.08 Å². The van der Waals surface area contributed by atoms with Gasteiger partial charge in [0.2, 0.25) is 0 Å². The van der Waals surface area contributed by atoms with Crippen LogP contribution in [0.5, 0.6) is 11.5 Å². The van der Waals surface area contributed by atoms with Gasteiger partial charge in [0.1, 0.15) is 6.61 Å². The first-order chi connectivity index (χ1) is 15.5. The van der Waals surface area contributed by atoms with Gasteiger partial charge in [0.25, 0.3) is 11.1 Å². The summed E-state index contributed by atoms with van der Waals surface area (Å²) in [6, 6.07) is 19.3. The molecule has 0 spiro atoms. The number of carbonyl (C=O) groups is 2. The Bertz CT molecular complexity index is 1210. The number of ether oxygens (including phenoxy) is 2. The largest absolute Gasteiger partial charge is 0.493 e. The van der Waals surface area contributed by atoms with Gasteiger partial charge in [0, 0.05) is 15.6 Å². The fourth-order valence-electron chi connectivity index (χ4n) is 3.11. The van der Waals surface area contributed by atoms with Crippen LogP contribution in [0.1, 0.15) is 11.1 Å². The number of amides is 2. The van der Waals surface area contributed by atoms with Gasteiger partial charge in [-0.2, -0.15) is 0 Å². The molecule has 1 saturated heterocycles. The molecule has 162 valence electrons. The van der Waals surface area contributed by atoms with Gasteiger partial charge < -0.3 is 9.47 Å². The zero-order valence-electron chi connectivity index (χ0n) is 16.9. The first kappa shape index (κ1) is 22.3. The van der Waals surface area contributed by atoms with Crippen molar-refractivity contribution in [3.8, 4) is 11.5 Å². The summed E-state index contributed by atoms with van der Waals surface area (Å²) in [5.41, 5.74) is 2.04. The molecule has 1 fully saturated rings. The van der Waals surface area contributed by atoms with E-state index in [2.05, 4.69) is 0 Å². The van der Waals surface area contributed by atoms with Crippen LogP contribution in [-0.2, 0) is 11.4 Å². The molecule has 3 aromatic rings. The minimum atomic E-state index is -0.358. The molecule has 3 aromatic carbocycles. The van der Waals surface area contributed by atoms with Crippen LogP contribution < -0.4 is 14.4 Å². The molecular formula is C24H17Cl2NO4S. The molecule has 0 aromatic heterocycles. The number of hydrogen-bond donors (Lipinski definition) is 0. The van der Waals surface area contributed by atoms with Crippen molar-refractivity contribution in [3.63, 3.8) is 0 Å². The molecule has 0 atom stereocenters. The number of methoxy groups -OCH3 is 1. The normalized spacial score (nSPS) is 14.8. The summed E-state index contributed by atoms with van der Waals surface area (Å²) in [6.45, 7) is 0.238. The molecular weight excluding hydrogens is 469 g/mol. The summed E-state index contributed by atoms with van der Waals surface area (Å²) >= 11 is 13.0. The summed E-state index contributed by atoms with van der Waals surface area (Å²) in [6.07, 6.45) is 1.66. The first-order valence-electron chi connectivity index (χ1n) is 9.54. The predicted octanol–water partition coefficient (Wildman–Crippen LogP) is 6.82. The van der Waals surface area contributed by atoms with Gasteiger partial charge in [-0.05, 0) is 59.8 Å². The van der Waals surface area contributed by atoms with E-state index in [1.54, 1.807) is 66.7 Å². The minimum absolute atomic E-state index is 0.238. The lowest BCUT2D eigenvalue weighted by Crippen LogP contribution is -2.27. The third kappa shape index (κ3) is 4.78. The number of rotatable bonds is 6. The van der Waals surface area contributed by atoms with E-state index >= 15 is 0 Å². The molecule has 2 amide bonds. The fraction of sp³-hybridized carbons (Fsp3) is 0.0833. The van der Waals surface area contributed by atoms with Gasteiger partial charge in [-0.15, -0.1) is 0 Å². The van der Waals surface area contributed by atoms with Gasteiger partial charge in [0.05, 0.1) is 17.7 Å². The highest BCUT2D eigenvalue weighted by molar-refractivity contribution is 8.19. The van der Waals surface area contributed by atoms with Crippen molar-refractivity contribution >= 4 is 57.9 Å². The predicted molar refractivity (Wildman–Crippen MR) is 129 cm³/mol. The van der Waals surface area contributed by atoms with E-state index in [4.69, 9.17) is 32.7 Å². The lowest BCUT2D eigenvalue weighted by molar-refractivity contribution is -0.113. The number of anilines is 1. The summed E-state index contributed by atoms with van der Waals surface area (Å²) in [7, 11) is 1.53. The molecule has 0 N–H and O–H groups in total. The molecule has 0 saturated carbocycles. The number of thioether (sulfide) groups is 1. The van der Waals surface area contributed by atoms with Crippen molar-refractivity contribution in [2.24, 2.45) is 0 Å².